The van der Waals surface area contributed by atoms with E-state index in [1.165, 1.54) is 11.1 Å². The van der Waals surface area contributed by atoms with Crippen LogP contribution >= 0.6 is 11.6 Å². The summed E-state index contributed by atoms with van der Waals surface area (Å²) in [6.45, 7) is 8.66. The van der Waals surface area contributed by atoms with Crippen LogP contribution < -0.4 is 5.32 Å². The van der Waals surface area contributed by atoms with Crippen molar-refractivity contribution in [3.8, 4) is 0 Å². The number of hydrogen-bond acceptors (Lipinski definition) is 2. The van der Waals surface area contributed by atoms with Gasteiger partial charge in [-0.2, -0.15) is 5.10 Å². The fraction of sp³-hybridized carbons (Fsp3) is 0.438. The molecule has 1 aromatic carbocycles. The first-order valence-electron chi connectivity index (χ1n) is 7.16. The Morgan fingerprint density at radius 2 is 1.85 bits per heavy atom. The van der Waals surface area contributed by atoms with Gasteiger partial charge in [0.1, 0.15) is 0 Å². The average molecular weight is 292 g/mol. The zero-order valence-corrected chi connectivity index (χ0v) is 13.2. The number of aryl methyl sites for hydroxylation is 3. The van der Waals surface area contributed by atoms with Crippen molar-refractivity contribution in [2.75, 3.05) is 0 Å². The average Bonchev–Trinajstić information content (AvgIpc) is 2.75. The summed E-state index contributed by atoms with van der Waals surface area (Å²) >= 11 is 6.31. The van der Waals surface area contributed by atoms with Crippen LogP contribution in [0.1, 0.15) is 36.4 Å². The van der Waals surface area contributed by atoms with Crippen molar-refractivity contribution < 1.29 is 0 Å². The first-order valence-corrected chi connectivity index (χ1v) is 7.54. The molecule has 0 atom stereocenters. The standard InChI is InChI=1S/C16H22ClN3/c1-4-13-8-6-7-9-14(13)10-18-11-15-16(17)12(3)19-20(15)5-2/h6-9,18H,4-5,10-11H2,1-3H3. The van der Waals surface area contributed by atoms with E-state index in [-0.39, 0.29) is 0 Å². The van der Waals surface area contributed by atoms with Crippen LogP contribution in [0, 0.1) is 6.92 Å². The van der Waals surface area contributed by atoms with Gasteiger partial charge in [0.05, 0.1) is 16.4 Å². The van der Waals surface area contributed by atoms with Crippen molar-refractivity contribution in [1.29, 1.82) is 0 Å². The van der Waals surface area contributed by atoms with Gasteiger partial charge in [-0.25, -0.2) is 0 Å². The molecule has 4 heteroatoms. The van der Waals surface area contributed by atoms with E-state index in [2.05, 4.69) is 48.5 Å². The lowest BCUT2D eigenvalue weighted by atomic mass is 10.1. The topological polar surface area (TPSA) is 29.9 Å². The molecule has 0 aliphatic heterocycles. The molecule has 3 nitrogen and oxygen atoms in total. The molecule has 20 heavy (non-hydrogen) atoms. The molecule has 0 saturated carbocycles. The van der Waals surface area contributed by atoms with Crippen molar-refractivity contribution in [2.45, 2.75) is 46.8 Å². The molecule has 0 amide bonds. The van der Waals surface area contributed by atoms with Crippen LogP contribution in [0.5, 0.6) is 0 Å². The summed E-state index contributed by atoms with van der Waals surface area (Å²) < 4.78 is 1.97. The minimum Gasteiger partial charge on any atom is -0.307 e. The quantitative estimate of drug-likeness (QED) is 0.879. The predicted octanol–water partition coefficient (Wildman–Crippen LogP) is 3.72. The molecule has 0 unspecified atom stereocenters. The molecule has 1 N–H and O–H groups in total. The second-order valence-electron chi connectivity index (χ2n) is 4.89. The van der Waals surface area contributed by atoms with Gasteiger partial charge in [-0.3, -0.25) is 4.68 Å². The lowest BCUT2D eigenvalue weighted by molar-refractivity contribution is 0.578. The van der Waals surface area contributed by atoms with Crippen molar-refractivity contribution in [1.82, 2.24) is 15.1 Å². The molecule has 2 aromatic rings. The highest BCUT2D eigenvalue weighted by atomic mass is 35.5. The lowest BCUT2D eigenvalue weighted by Crippen LogP contribution is -2.17. The molecular formula is C16H22ClN3. The molecule has 0 bridgehead atoms. The minimum absolute atomic E-state index is 0.742. The van der Waals surface area contributed by atoms with Gasteiger partial charge in [-0.15, -0.1) is 0 Å². The van der Waals surface area contributed by atoms with Gasteiger partial charge in [-0.1, -0.05) is 42.8 Å². The first kappa shape index (κ1) is 15.1. The van der Waals surface area contributed by atoms with Crippen LogP contribution in [-0.2, 0) is 26.1 Å². The maximum Gasteiger partial charge on any atom is 0.0860 e. The predicted molar refractivity (Wildman–Crippen MR) is 84.0 cm³/mol. The Balaban J connectivity index is 2.03. The number of nitrogens with zero attached hydrogens (tertiary/aromatic N) is 2. The van der Waals surface area contributed by atoms with Crippen molar-refractivity contribution in [2.24, 2.45) is 0 Å². The number of aromatic nitrogens is 2. The minimum atomic E-state index is 0.742. The van der Waals surface area contributed by atoms with Crippen molar-refractivity contribution in [3.05, 3.63) is 51.8 Å². The van der Waals surface area contributed by atoms with Crippen LogP contribution in [0.3, 0.4) is 0 Å². The number of benzene rings is 1. The molecule has 108 valence electrons. The van der Waals surface area contributed by atoms with Gasteiger partial charge in [0.25, 0.3) is 0 Å². The van der Waals surface area contributed by atoms with E-state index in [4.69, 9.17) is 11.6 Å². The molecular weight excluding hydrogens is 270 g/mol. The SMILES string of the molecule is CCc1ccccc1CNCc1c(Cl)c(C)nn1CC. The fourth-order valence-corrected chi connectivity index (χ4v) is 2.63. The number of hydrogen-bond donors (Lipinski definition) is 1. The summed E-state index contributed by atoms with van der Waals surface area (Å²) in [6, 6.07) is 8.54. The normalized spacial score (nSPS) is 11.0. The molecule has 0 aliphatic rings. The second kappa shape index (κ2) is 6.91. The highest BCUT2D eigenvalue weighted by molar-refractivity contribution is 6.31. The highest BCUT2D eigenvalue weighted by Crippen LogP contribution is 2.20. The summed E-state index contributed by atoms with van der Waals surface area (Å²) in [4.78, 5) is 0. The molecule has 1 aromatic heterocycles. The number of halogens is 1. The van der Waals surface area contributed by atoms with E-state index < -0.39 is 0 Å². The third kappa shape index (κ3) is 3.22. The van der Waals surface area contributed by atoms with Gasteiger partial charge < -0.3 is 5.32 Å². The van der Waals surface area contributed by atoms with E-state index >= 15 is 0 Å². The van der Waals surface area contributed by atoms with E-state index in [9.17, 15) is 0 Å². The Morgan fingerprint density at radius 1 is 1.15 bits per heavy atom. The number of rotatable bonds is 6. The fourth-order valence-electron chi connectivity index (χ4n) is 2.43. The third-order valence-electron chi connectivity index (χ3n) is 3.56. The zero-order chi connectivity index (χ0) is 14.5. The summed E-state index contributed by atoms with van der Waals surface area (Å²) in [6.07, 6.45) is 1.06. The van der Waals surface area contributed by atoms with Crippen LogP contribution in [0.2, 0.25) is 5.02 Å². The Bertz CT molecular complexity index is 575. The van der Waals surface area contributed by atoms with E-state index in [0.717, 1.165) is 42.5 Å². The Morgan fingerprint density at radius 3 is 2.50 bits per heavy atom. The van der Waals surface area contributed by atoms with E-state index in [0.29, 0.717) is 0 Å². The van der Waals surface area contributed by atoms with Crippen molar-refractivity contribution >= 4 is 11.6 Å². The largest absolute Gasteiger partial charge is 0.307 e. The Kier molecular flexibility index (Phi) is 5.21. The van der Waals surface area contributed by atoms with Gasteiger partial charge in [-0.05, 0) is 31.4 Å². The third-order valence-corrected chi connectivity index (χ3v) is 4.05. The van der Waals surface area contributed by atoms with Gasteiger partial charge in [0.15, 0.2) is 0 Å². The molecule has 2 rings (SSSR count). The Labute approximate surface area is 126 Å². The van der Waals surface area contributed by atoms with Gasteiger partial charge in [0, 0.05) is 19.6 Å². The van der Waals surface area contributed by atoms with Gasteiger partial charge in [0.2, 0.25) is 0 Å². The van der Waals surface area contributed by atoms with Gasteiger partial charge >= 0.3 is 0 Å². The molecule has 0 aliphatic carbocycles. The summed E-state index contributed by atoms with van der Waals surface area (Å²) in [7, 11) is 0. The molecule has 0 radical (unpaired) electrons. The smallest absolute Gasteiger partial charge is 0.0860 e. The summed E-state index contributed by atoms with van der Waals surface area (Å²) in [5.41, 5.74) is 4.72. The molecule has 0 spiro atoms. The first-order chi connectivity index (χ1) is 9.67. The maximum absolute atomic E-state index is 6.31. The zero-order valence-electron chi connectivity index (χ0n) is 12.4. The summed E-state index contributed by atoms with van der Waals surface area (Å²) in [5, 5.41) is 8.69. The highest BCUT2D eigenvalue weighted by Gasteiger charge is 2.11. The monoisotopic (exact) mass is 291 g/mol. The van der Waals surface area contributed by atoms with Crippen molar-refractivity contribution in [3.63, 3.8) is 0 Å². The number of nitrogens with one attached hydrogen (secondary N) is 1. The molecule has 0 saturated heterocycles. The molecule has 1 heterocycles. The van der Waals surface area contributed by atoms with Crippen LogP contribution in [0.4, 0.5) is 0 Å². The van der Waals surface area contributed by atoms with Crippen LogP contribution in [-0.4, -0.2) is 9.78 Å². The Hall–Kier alpha value is -1.32. The van der Waals surface area contributed by atoms with E-state index in [1.54, 1.807) is 0 Å². The lowest BCUT2D eigenvalue weighted by Gasteiger charge is -2.10. The molecule has 0 fully saturated rings. The summed E-state index contributed by atoms with van der Waals surface area (Å²) in [5.74, 6) is 0. The van der Waals surface area contributed by atoms with Crippen LogP contribution in [0.15, 0.2) is 24.3 Å². The maximum atomic E-state index is 6.31. The van der Waals surface area contributed by atoms with Crippen LogP contribution in [0.25, 0.3) is 0 Å². The second-order valence-corrected chi connectivity index (χ2v) is 5.27. The van der Waals surface area contributed by atoms with E-state index in [1.807, 2.05) is 11.6 Å².